The zero-order valence-corrected chi connectivity index (χ0v) is 15.9. The number of ether oxygens (including phenoxy) is 1. The van der Waals surface area contributed by atoms with E-state index in [-0.39, 0.29) is 11.4 Å². The smallest absolute Gasteiger partial charge is 0.252 e. The molecule has 0 aliphatic rings. The zero-order valence-electron chi connectivity index (χ0n) is 15.9. The number of halogens is 1. The van der Waals surface area contributed by atoms with Gasteiger partial charge in [-0.2, -0.15) is 5.10 Å². The van der Waals surface area contributed by atoms with Crippen molar-refractivity contribution in [1.82, 2.24) is 14.3 Å². The lowest BCUT2D eigenvalue weighted by molar-refractivity contribution is 0.414. The van der Waals surface area contributed by atoms with Crippen LogP contribution in [-0.2, 0) is 6.54 Å². The van der Waals surface area contributed by atoms with Crippen molar-refractivity contribution >= 4 is 11.0 Å². The molecular formula is C22H20FN3O2. The number of hydrogen-bond donors (Lipinski definition) is 0. The van der Waals surface area contributed by atoms with E-state index in [0.717, 1.165) is 28.0 Å². The second-order valence-electron chi connectivity index (χ2n) is 6.78. The highest BCUT2D eigenvalue weighted by Gasteiger charge is 2.17. The molecule has 0 aliphatic heterocycles. The standard InChI is InChI=1S/C22H20FN3O2/c1-14-10-20(27)25(13-16-6-4-9-19(11-16)28-3)22-21(14)15(2)24-26(22)18-8-5-7-17(23)12-18/h4-12H,13H2,1-3H3. The van der Waals surface area contributed by atoms with Crippen LogP contribution in [0.1, 0.15) is 16.8 Å². The maximum atomic E-state index is 13.8. The summed E-state index contributed by atoms with van der Waals surface area (Å²) in [5, 5.41) is 5.50. The van der Waals surface area contributed by atoms with Crippen LogP contribution in [0.2, 0.25) is 0 Å². The topological polar surface area (TPSA) is 49.1 Å². The minimum Gasteiger partial charge on any atom is -0.497 e. The van der Waals surface area contributed by atoms with Gasteiger partial charge in [-0.1, -0.05) is 18.2 Å². The lowest BCUT2D eigenvalue weighted by Gasteiger charge is -2.13. The average molecular weight is 377 g/mol. The van der Waals surface area contributed by atoms with Crippen LogP contribution in [0, 0.1) is 19.7 Å². The third-order valence-corrected chi connectivity index (χ3v) is 4.82. The summed E-state index contributed by atoms with van der Waals surface area (Å²) in [5.74, 6) is 0.372. The van der Waals surface area contributed by atoms with Crippen LogP contribution in [0.4, 0.5) is 4.39 Å². The normalized spacial score (nSPS) is 11.1. The highest BCUT2D eigenvalue weighted by atomic mass is 19.1. The Balaban J connectivity index is 1.99. The molecule has 0 spiro atoms. The van der Waals surface area contributed by atoms with Gasteiger partial charge in [0.05, 0.1) is 25.0 Å². The first-order valence-electron chi connectivity index (χ1n) is 8.96. The monoisotopic (exact) mass is 377 g/mol. The Morgan fingerprint density at radius 3 is 2.61 bits per heavy atom. The molecule has 4 aromatic rings. The Hall–Kier alpha value is -3.41. The predicted octanol–water partition coefficient (Wildman–Crippen LogP) is 4.00. The molecule has 0 amide bonds. The molecule has 6 heteroatoms. The van der Waals surface area contributed by atoms with E-state index in [1.165, 1.54) is 12.1 Å². The molecule has 0 fully saturated rings. The summed E-state index contributed by atoms with van der Waals surface area (Å²) in [4.78, 5) is 12.9. The van der Waals surface area contributed by atoms with Crippen LogP contribution in [0.25, 0.3) is 16.7 Å². The summed E-state index contributed by atoms with van der Waals surface area (Å²) in [6, 6.07) is 15.4. The number of aryl methyl sites for hydroxylation is 2. The van der Waals surface area contributed by atoms with Crippen LogP contribution in [0.5, 0.6) is 5.75 Å². The van der Waals surface area contributed by atoms with Crippen molar-refractivity contribution in [3.8, 4) is 11.4 Å². The number of benzene rings is 2. The molecule has 2 heterocycles. The first-order chi connectivity index (χ1) is 13.5. The van der Waals surface area contributed by atoms with E-state index in [1.807, 2.05) is 38.1 Å². The molecule has 4 rings (SSSR count). The van der Waals surface area contributed by atoms with Crippen molar-refractivity contribution in [2.75, 3.05) is 7.11 Å². The SMILES string of the molecule is COc1cccc(Cn2c(=O)cc(C)c3c(C)nn(-c4cccc(F)c4)c32)c1. The second-order valence-corrected chi connectivity index (χ2v) is 6.78. The summed E-state index contributed by atoms with van der Waals surface area (Å²) in [7, 11) is 1.61. The first kappa shape index (κ1) is 18.0. The van der Waals surface area contributed by atoms with E-state index in [9.17, 15) is 9.18 Å². The fourth-order valence-corrected chi connectivity index (χ4v) is 3.56. The molecule has 2 aromatic heterocycles. The Morgan fingerprint density at radius 2 is 1.86 bits per heavy atom. The molecule has 0 saturated heterocycles. The molecule has 0 saturated carbocycles. The van der Waals surface area contributed by atoms with Gasteiger partial charge in [-0.3, -0.25) is 9.36 Å². The second kappa shape index (κ2) is 6.96. The van der Waals surface area contributed by atoms with E-state index in [1.54, 1.807) is 34.6 Å². The third kappa shape index (κ3) is 3.07. The molecule has 0 unspecified atom stereocenters. The van der Waals surface area contributed by atoms with Crippen molar-refractivity contribution < 1.29 is 9.13 Å². The first-order valence-corrected chi connectivity index (χ1v) is 8.96. The number of rotatable bonds is 4. The van der Waals surface area contributed by atoms with E-state index in [4.69, 9.17) is 4.74 Å². The minimum absolute atomic E-state index is 0.134. The number of fused-ring (bicyclic) bond motifs is 1. The quantitative estimate of drug-likeness (QED) is 0.540. The summed E-state index contributed by atoms with van der Waals surface area (Å²) in [5.41, 5.74) is 3.65. The summed E-state index contributed by atoms with van der Waals surface area (Å²) in [6.45, 7) is 4.14. The van der Waals surface area contributed by atoms with E-state index in [0.29, 0.717) is 17.9 Å². The molecule has 0 radical (unpaired) electrons. The van der Waals surface area contributed by atoms with Crippen LogP contribution in [-0.4, -0.2) is 21.5 Å². The highest BCUT2D eigenvalue weighted by molar-refractivity contribution is 5.83. The van der Waals surface area contributed by atoms with Crippen molar-refractivity contribution in [3.05, 3.63) is 87.6 Å². The summed E-state index contributed by atoms with van der Waals surface area (Å²) in [6.07, 6.45) is 0. The fraction of sp³-hybridized carbons (Fsp3) is 0.182. The Bertz CT molecular complexity index is 1240. The van der Waals surface area contributed by atoms with Gasteiger partial charge in [-0.25, -0.2) is 9.07 Å². The van der Waals surface area contributed by atoms with Crippen LogP contribution in [0.3, 0.4) is 0 Å². The van der Waals surface area contributed by atoms with Crippen LogP contribution in [0.15, 0.2) is 59.4 Å². The van der Waals surface area contributed by atoms with Gasteiger partial charge in [-0.05, 0) is 55.3 Å². The van der Waals surface area contributed by atoms with E-state index in [2.05, 4.69) is 5.10 Å². The van der Waals surface area contributed by atoms with Gasteiger partial charge in [0, 0.05) is 11.5 Å². The van der Waals surface area contributed by atoms with E-state index < -0.39 is 0 Å². The zero-order chi connectivity index (χ0) is 19.8. The van der Waals surface area contributed by atoms with Crippen molar-refractivity contribution in [1.29, 1.82) is 0 Å². The lowest BCUT2D eigenvalue weighted by Crippen LogP contribution is -2.22. The number of aromatic nitrogens is 3. The summed E-state index contributed by atoms with van der Waals surface area (Å²) < 4.78 is 22.4. The van der Waals surface area contributed by atoms with Gasteiger partial charge in [-0.15, -0.1) is 0 Å². The molecule has 2 aromatic carbocycles. The van der Waals surface area contributed by atoms with E-state index >= 15 is 0 Å². The molecular weight excluding hydrogens is 357 g/mol. The minimum atomic E-state index is -0.354. The highest BCUT2D eigenvalue weighted by Crippen LogP contribution is 2.25. The van der Waals surface area contributed by atoms with Gasteiger partial charge in [0.15, 0.2) is 0 Å². The van der Waals surface area contributed by atoms with Crippen LogP contribution >= 0.6 is 0 Å². The molecule has 28 heavy (non-hydrogen) atoms. The third-order valence-electron chi connectivity index (χ3n) is 4.82. The Kier molecular flexibility index (Phi) is 4.47. The number of pyridine rings is 1. The molecule has 142 valence electrons. The van der Waals surface area contributed by atoms with Crippen molar-refractivity contribution in [2.45, 2.75) is 20.4 Å². The molecule has 0 aliphatic carbocycles. The van der Waals surface area contributed by atoms with Crippen molar-refractivity contribution in [3.63, 3.8) is 0 Å². The van der Waals surface area contributed by atoms with Gasteiger partial charge < -0.3 is 4.74 Å². The lowest BCUT2D eigenvalue weighted by atomic mass is 10.1. The van der Waals surface area contributed by atoms with Gasteiger partial charge in [0.25, 0.3) is 5.56 Å². The Labute approximate surface area is 161 Å². The fourth-order valence-electron chi connectivity index (χ4n) is 3.56. The maximum absolute atomic E-state index is 13.8. The van der Waals surface area contributed by atoms with Gasteiger partial charge in [0.1, 0.15) is 17.2 Å². The summed E-state index contributed by atoms with van der Waals surface area (Å²) >= 11 is 0. The van der Waals surface area contributed by atoms with Crippen molar-refractivity contribution in [2.24, 2.45) is 0 Å². The largest absolute Gasteiger partial charge is 0.497 e. The van der Waals surface area contributed by atoms with Gasteiger partial charge >= 0.3 is 0 Å². The molecule has 0 atom stereocenters. The van der Waals surface area contributed by atoms with Crippen LogP contribution < -0.4 is 10.3 Å². The molecule has 0 N–H and O–H groups in total. The average Bonchev–Trinajstić information content (AvgIpc) is 3.03. The number of nitrogens with zero attached hydrogens (tertiary/aromatic N) is 3. The number of hydrogen-bond acceptors (Lipinski definition) is 3. The van der Waals surface area contributed by atoms with Gasteiger partial charge in [0.2, 0.25) is 0 Å². The molecule has 0 bridgehead atoms. The molecule has 5 nitrogen and oxygen atoms in total. The Morgan fingerprint density at radius 1 is 1.07 bits per heavy atom. The predicted molar refractivity (Wildman–Crippen MR) is 107 cm³/mol. The maximum Gasteiger partial charge on any atom is 0.252 e. The number of methoxy groups -OCH3 is 1.